The minimum Gasteiger partial charge on any atom is -0.486 e. The monoisotopic (exact) mass is 464 g/mol. The fraction of sp³-hybridized carbons (Fsp3) is 0.280. The summed E-state index contributed by atoms with van der Waals surface area (Å²) < 4.78 is 18.9. The summed E-state index contributed by atoms with van der Waals surface area (Å²) in [4.78, 5) is 36.0. The molecule has 0 bridgehead atoms. The van der Waals surface area contributed by atoms with Crippen molar-refractivity contribution in [2.24, 2.45) is 0 Å². The second-order valence-electron chi connectivity index (χ2n) is 8.12. The van der Waals surface area contributed by atoms with Crippen LogP contribution in [0.1, 0.15) is 37.7 Å². The Labute approximate surface area is 196 Å². The lowest BCUT2D eigenvalue weighted by atomic mass is 10.1. The smallest absolute Gasteiger partial charge is 0.345 e. The van der Waals surface area contributed by atoms with E-state index in [9.17, 15) is 19.7 Å². The number of Topliss-reactive ketones (excluding diaryl/α,β-unsaturated/α-hetero) is 1. The lowest BCUT2D eigenvalue weighted by Crippen LogP contribution is -2.33. The minimum absolute atomic E-state index is 0.182. The molecule has 1 atom stereocenters. The third kappa shape index (κ3) is 4.50. The normalized spacial score (nSPS) is 14.5. The number of ketones is 1. The largest absolute Gasteiger partial charge is 0.486 e. The quantitative estimate of drug-likeness (QED) is 0.223. The van der Waals surface area contributed by atoms with Gasteiger partial charge >= 0.3 is 5.97 Å². The number of esters is 1. The molecule has 0 radical (unpaired) electrons. The number of aryl methyl sites for hydroxylation is 2. The number of rotatable bonds is 7. The molecule has 3 aromatic rings. The lowest BCUT2D eigenvalue weighted by molar-refractivity contribution is -0.385. The number of aromatic nitrogens is 1. The fourth-order valence-corrected chi connectivity index (χ4v) is 4.07. The zero-order valence-electron chi connectivity index (χ0n) is 19.1. The van der Waals surface area contributed by atoms with Crippen molar-refractivity contribution in [1.29, 1.82) is 0 Å². The fourth-order valence-electron chi connectivity index (χ4n) is 4.07. The maximum absolute atomic E-state index is 12.8. The molecular formula is C25H24N2O7. The van der Waals surface area contributed by atoms with Crippen LogP contribution in [0, 0.1) is 30.9 Å². The van der Waals surface area contributed by atoms with Gasteiger partial charge in [-0.1, -0.05) is 24.3 Å². The third-order valence-corrected chi connectivity index (χ3v) is 5.80. The molecule has 0 saturated heterocycles. The molecule has 1 aromatic heterocycles. The number of hydrogen-bond donors (Lipinski definition) is 0. The first kappa shape index (κ1) is 23.0. The Balaban J connectivity index is 1.44. The predicted octanol–water partition coefficient (Wildman–Crippen LogP) is 4.20. The van der Waals surface area contributed by atoms with Crippen molar-refractivity contribution in [1.82, 2.24) is 4.57 Å². The van der Waals surface area contributed by atoms with Gasteiger partial charge in [0, 0.05) is 22.5 Å². The molecule has 0 saturated carbocycles. The summed E-state index contributed by atoms with van der Waals surface area (Å²) >= 11 is 0. The van der Waals surface area contributed by atoms with Crippen LogP contribution in [0.2, 0.25) is 0 Å². The zero-order chi connectivity index (χ0) is 24.4. The van der Waals surface area contributed by atoms with Gasteiger partial charge in [0.25, 0.3) is 5.69 Å². The maximum Gasteiger partial charge on any atom is 0.345 e. The Bertz CT molecular complexity index is 1280. The number of carbonyl (C=O) groups is 2. The van der Waals surface area contributed by atoms with E-state index in [0.717, 1.165) is 5.69 Å². The molecule has 9 heteroatoms. The van der Waals surface area contributed by atoms with Crippen molar-refractivity contribution in [3.8, 4) is 11.5 Å². The van der Waals surface area contributed by atoms with Crippen LogP contribution in [0.25, 0.3) is 0 Å². The summed E-state index contributed by atoms with van der Waals surface area (Å²) in [7, 11) is 0. The van der Waals surface area contributed by atoms with E-state index < -0.39 is 23.3 Å². The van der Waals surface area contributed by atoms with Gasteiger partial charge in [0.05, 0.1) is 11.5 Å². The number of fused-ring (bicyclic) bond motifs is 1. The maximum atomic E-state index is 12.8. The molecule has 0 N–H and O–H groups in total. The van der Waals surface area contributed by atoms with E-state index in [1.165, 1.54) is 25.1 Å². The average Bonchev–Trinajstić information content (AvgIpc) is 3.10. The van der Waals surface area contributed by atoms with E-state index in [-0.39, 0.29) is 17.4 Å². The number of hydrogen-bond acceptors (Lipinski definition) is 7. The molecule has 1 unspecified atom stereocenters. The lowest BCUT2D eigenvalue weighted by Gasteiger charge is -2.27. The average molecular weight is 464 g/mol. The molecule has 0 fully saturated rings. The zero-order valence-corrected chi connectivity index (χ0v) is 19.1. The summed E-state index contributed by atoms with van der Waals surface area (Å²) in [6.45, 7) is 5.56. The van der Waals surface area contributed by atoms with Crippen molar-refractivity contribution in [3.05, 3.63) is 86.7 Å². The van der Waals surface area contributed by atoms with E-state index in [2.05, 4.69) is 0 Å². The Hall–Kier alpha value is -4.14. The van der Waals surface area contributed by atoms with Crippen molar-refractivity contribution < 1.29 is 28.7 Å². The highest BCUT2D eigenvalue weighted by Crippen LogP contribution is 2.31. The number of nitro groups is 1. The first-order valence-electron chi connectivity index (χ1n) is 10.8. The van der Waals surface area contributed by atoms with Crippen molar-refractivity contribution in [2.45, 2.75) is 33.4 Å². The van der Waals surface area contributed by atoms with E-state index in [4.69, 9.17) is 14.2 Å². The molecular weight excluding hydrogens is 440 g/mol. The highest BCUT2D eigenvalue weighted by Gasteiger charge is 2.26. The predicted molar refractivity (Wildman–Crippen MR) is 123 cm³/mol. The van der Waals surface area contributed by atoms with Gasteiger partial charge in [0.15, 0.2) is 24.2 Å². The Morgan fingerprint density at radius 3 is 2.56 bits per heavy atom. The number of carbonyl (C=O) groups excluding carboxylic acids is 2. The first-order valence-corrected chi connectivity index (χ1v) is 10.8. The number of nitrogens with zero attached hydrogens (tertiary/aromatic N) is 2. The van der Waals surface area contributed by atoms with Crippen LogP contribution in [0.5, 0.6) is 11.5 Å². The van der Waals surface area contributed by atoms with Crippen LogP contribution in [0.15, 0.2) is 48.5 Å². The molecule has 9 nitrogen and oxygen atoms in total. The summed E-state index contributed by atoms with van der Waals surface area (Å²) in [5.74, 6) is 0.0686. The molecule has 1 aliphatic rings. The van der Waals surface area contributed by atoms with E-state index >= 15 is 0 Å². The topological polar surface area (TPSA) is 110 Å². The van der Waals surface area contributed by atoms with Crippen LogP contribution in [-0.4, -0.2) is 40.6 Å². The Morgan fingerprint density at radius 2 is 1.82 bits per heavy atom. The molecule has 0 spiro atoms. The molecule has 0 aliphatic carbocycles. The number of para-hydroxylation sites is 3. The van der Waals surface area contributed by atoms with Crippen LogP contribution >= 0.6 is 0 Å². The van der Waals surface area contributed by atoms with Crippen molar-refractivity contribution >= 4 is 17.4 Å². The summed E-state index contributed by atoms with van der Waals surface area (Å²) in [5, 5.41) is 11.3. The number of nitro benzene ring substituents is 1. The summed E-state index contributed by atoms with van der Waals surface area (Å²) in [6.07, 6.45) is -0.234. The second kappa shape index (κ2) is 9.38. The highest BCUT2D eigenvalue weighted by atomic mass is 16.6. The molecule has 176 valence electrons. The van der Waals surface area contributed by atoms with Gasteiger partial charge in [-0.05, 0) is 45.0 Å². The van der Waals surface area contributed by atoms with Gasteiger partial charge in [-0.2, -0.15) is 0 Å². The van der Waals surface area contributed by atoms with Gasteiger partial charge in [-0.3, -0.25) is 14.9 Å². The van der Waals surface area contributed by atoms with Crippen molar-refractivity contribution in [2.75, 3.05) is 13.2 Å². The van der Waals surface area contributed by atoms with Crippen LogP contribution < -0.4 is 9.47 Å². The van der Waals surface area contributed by atoms with Crippen molar-refractivity contribution in [3.63, 3.8) is 0 Å². The van der Waals surface area contributed by atoms with E-state index in [0.29, 0.717) is 41.5 Å². The Kier molecular flexibility index (Phi) is 6.36. The van der Waals surface area contributed by atoms with E-state index in [1.54, 1.807) is 6.07 Å². The molecule has 1 aliphatic heterocycles. The van der Waals surface area contributed by atoms with Gasteiger partial charge in [0.2, 0.25) is 5.78 Å². The van der Waals surface area contributed by atoms with Gasteiger partial charge in [0.1, 0.15) is 12.2 Å². The minimum atomic E-state index is -0.913. The molecule has 34 heavy (non-hydrogen) atoms. The molecule has 2 aromatic carbocycles. The standard InChI is InChI=1S/C25H24N2O7/c1-15-7-6-8-19(24(15)27(30)31)25(29)33-14-21(28)20-11-16(2)26(17(20)3)12-18-13-32-22-9-4-5-10-23(22)34-18/h4-11,18H,12-14H2,1-3H3. The van der Waals surface area contributed by atoms with Crippen LogP contribution in [0.4, 0.5) is 5.69 Å². The number of benzene rings is 2. The number of ether oxygens (including phenoxy) is 3. The summed E-state index contributed by atoms with van der Waals surface area (Å²) in [6, 6.07) is 13.6. The summed E-state index contributed by atoms with van der Waals surface area (Å²) in [5.41, 5.74) is 1.81. The SMILES string of the molecule is Cc1cccc(C(=O)OCC(=O)c2cc(C)n(CC3COc4ccccc4O3)c2C)c1[N+](=O)[O-]. The highest BCUT2D eigenvalue weighted by molar-refractivity contribution is 6.01. The van der Waals surface area contributed by atoms with Gasteiger partial charge < -0.3 is 18.8 Å². The molecule has 2 heterocycles. The first-order chi connectivity index (χ1) is 16.3. The second-order valence-corrected chi connectivity index (χ2v) is 8.12. The third-order valence-electron chi connectivity index (χ3n) is 5.80. The van der Waals surface area contributed by atoms with Crippen LogP contribution in [0.3, 0.4) is 0 Å². The molecule has 0 amide bonds. The van der Waals surface area contributed by atoms with Gasteiger partial charge in [-0.15, -0.1) is 0 Å². The van der Waals surface area contributed by atoms with E-state index in [1.807, 2.05) is 42.7 Å². The van der Waals surface area contributed by atoms with Crippen LogP contribution in [-0.2, 0) is 11.3 Å². The molecule has 4 rings (SSSR count). The Morgan fingerprint density at radius 1 is 1.09 bits per heavy atom. The van der Waals surface area contributed by atoms with Gasteiger partial charge in [-0.25, -0.2) is 4.79 Å².